The van der Waals surface area contributed by atoms with E-state index >= 15 is 0 Å². The molecule has 5 rings (SSSR count). The predicted octanol–water partition coefficient (Wildman–Crippen LogP) is 5.52. The van der Waals surface area contributed by atoms with Gasteiger partial charge in [-0.15, -0.1) is 0 Å². The number of halogens is 1. The standard InChI is InChI=1S/C27H24ClN3O4S/c1-18(16-35-25-26(33)36-27(34)29(25)15-19-8-4-2-5-9-19)30-17-31(21-10-6-3-7-11-21)23-13-12-20(28)14-22(23)24(30)32/h2-14,18,25H,15-17H2,1H3. The van der Waals surface area contributed by atoms with Gasteiger partial charge in [0.1, 0.15) is 0 Å². The second-order valence-electron chi connectivity index (χ2n) is 8.68. The molecular formula is C27H24ClN3O4S. The molecule has 2 unspecified atom stereocenters. The summed E-state index contributed by atoms with van der Waals surface area (Å²) in [5.41, 5.74) is 3.12. The zero-order valence-corrected chi connectivity index (χ0v) is 21.1. The van der Waals surface area contributed by atoms with Crippen LogP contribution in [0.5, 0.6) is 0 Å². The maximum absolute atomic E-state index is 13.5. The number of benzene rings is 3. The maximum Gasteiger partial charge on any atom is 0.292 e. The second kappa shape index (κ2) is 10.3. The molecule has 0 spiro atoms. The van der Waals surface area contributed by atoms with Crippen LogP contribution in [-0.2, 0) is 16.1 Å². The van der Waals surface area contributed by atoms with Gasteiger partial charge in [0.05, 0.1) is 30.6 Å². The SMILES string of the molecule is CC(COC1C(=O)SC(=O)N1Cc1ccccc1)N1CN(c2ccccc2)c2ccc(Cl)cc2C1=O. The number of anilines is 2. The van der Waals surface area contributed by atoms with E-state index in [1.165, 1.54) is 4.90 Å². The third kappa shape index (κ3) is 4.84. The summed E-state index contributed by atoms with van der Waals surface area (Å²) >= 11 is 6.88. The average molecular weight is 522 g/mol. The maximum atomic E-state index is 13.5. The Morgan fingerprint density at radius 3 is 2.42 bits per heavy atom. The Balaban J connectivity index is 1.34. The van der Waals surface area contributed by atoms with Crippen molar-refractivity contribution >= 4 is 51.0 Å². The molecule has 3 aromatic rings. The van der Waals surface area contributed by atoms with Gasteiger partial charge in [0.2, 0.25) is 11.3 Å². The number of nitrogens with zero attached hydrogens (tertiary/aromatic N) is 3. The molecule has 0 bridgehead atoms. The Bertz CT molecular complexity index is 1290. The van der Waals surface area contributed by atoms with Gasteiger partial charge in [-0.05, 0) is 42.8 Å². The molecule has 1 saturated heterocycles. The van der Waals surface area contributed by atoms with Crippen molar-refractivity contribution in [3.63, 3.8) is 0 Å². The van der Waals surface area contributed by atoms with E-state index in [1.54, 1.807) is 17.0 Å². The Labute approximate surface area is 218 Å². The third-order valence-corrected chi connectivity index (χ3v) is 7.28. The van der Waals surface area contributed by atoms with Crippen LogP contribution < -0.4 is 4.90 Å². The fourth-order valence-electron chi connectivity index (χ4n) is 4.35. The lowest BCUT2D eigenvalue weighted by Crippen LogP contribution is -2.51. The monoisotopic (exact) mass is 521 g/mol. The summed E-state index contributed by atoms with van der Waals surface area (Å²) in [5, 5.41) is -0.213. The van der Waals surface area contributed by atoms with Gasteiger partial charge in [-0.1, -0.05) is 60.1 Å². The number of hydrogen-bond acceptors (Lipinski definition) is 6. The second-order valence-corrected chi connectivity index (χ2v) is 10.1. The molecule has 0 N–H and O–H groups in total. The van der Waals surface area contributed by atoms with E-state index in [2.05, 4.69) is 0 Å². The third-order valence-electron chi connectivity index (χ3n) is 6.23. The number of thioether (sulfide) groups is 1. The number of hydrogen-bond donors (Lipinski definition) is 0. The Hall–Kier alpha value is -3.33. The number of fused-ring (bicyclic) bond motifs is 1. The van der Waals surface area contributed by atoms with Crippen LogP contribution in [-0.4, -0.2) is 51.6 Å². The molecule has 9 heteroatoms. The summed E-state index contributed by atoms with van der Waals surface area (Å²) in [6.45, 7) is 2.53. The van der Waals surface area contributed by atoms with Crippen LogP contribution in [0.4, 0.5) is 16.2 Å². The van der Waals surface area contributed by atoms with Gasteiger partial charge in [-0.25, -0.2) is 0 Å². The topological polar surface area (TPSA) is 70.2 Å². The largest absolute Gasteiger partial charge is 0.348 e. The van der Waals surface area contributed by atoms with Crippen molar-refractivity contribution in [1.29, 1.82) is 0 Å². The normalized spacial score (nSPS) is 18.6. The van der Waals surface area contributed by atoms with E-state index in [-0.39, 0.29) is 35.5 Å². The fourth-order valence-corrected chi connectivity index (χ4v) is 5.27. The molecule has 2 atom stereocenters. The summed E-state index contributed by atoms with van der Waals surface area (Å²) in [4.78, 5) is 43.6. The van der Waals surface area contributed by atoms with Gasteiger partial charge in [-0.3, -0.25) is 19.3 Å². The molecule has 2 aliphatic rings. The van der Waals surface area contributed by atoms with Crippen molar-refractivity contribution < 1.29 is 19.1 Å². The van der Waals surface area contributed by atoms with Crippen LogP contribution in [0.25, 0.3) is 0 Å². The molecule has 0 aliphatic carbocycles. The molecule has 0 aromatic heterocycles. The number of carbonyl (C=O) groups excluding carboxylic acids is 3. The first-order valence-electron chi connectivity index (χ1n) is 11.5. The van der Waals surface area contributed by atoms with Crippen molar-refractivity contribution in [1.82, 2.24) is 9.80 Å². The summed E-state index contributed by atoms with van der Waals surface area (Å²) < 4.78 is 5.98. The summed E-state index contributed by atoms with van der Waals surface area (Å²) in [6, 6.07) is 24.2. The van der Waals surface area contributed by atoms with Crippen LogP contribution in [0.1, 0.15) is 22.8 Å². The van der Waals surface area contributed by atoms with E-state index in [1.807, 2.05) is 78.6 Å². The van der Waals surface area contributed by atoms with Crippen molar-refractivity contribution in [2.75, 3.05) is 18.2 Å². The highest BCUT2D eigenvalue weighted by atomic mass is 35.5. The minimum atomic E-state index is -1.00. The van der Waals surface area contributed by atoms with E-state index in [4.69, 9.17) is 16.3 Å². The number of rotatable bonds is 7. The molecule has 36 heavy (non-hydrogen) atoms. The van der Waals surface area contributed by atoms with Crippen molar-refractivity contribution in [2.24, 2.45) is 0 Å². The van der Waals surface area contributed by atoms with Crippen molar-refractivity contribution in [3.8, 4) is 0 Å². The van der Waals surface area contributed by atoms with Crippen LogP contribution in [0.2, 0.25) is 5.02 Å². The summed E-state index contributed by atoms with van der Waals surface area (Å²) in [7, 11) is 0. The number of para-hydroxylation sites is 1. The van der Waals surface area contributed by atoms with Gasteiger partial charge >= 0.3 is 0 Å². The molecular weight excluding hydrogens is 498 g/mol. The molecule has 2 aliphatic heterocycles. The molecule has 7 nitrogen and oxygen atoms in total. The van der Waals surface area contributed by atoms with Gasteiger partial charge in [0.25, 0.3) is 11.1 Å². The first-order valence-corrected chi connectivity index (χ1v) is 12.7. The lowest BCUT2D eigenvalue weighted by Gasteiger charge is -2.41. The highest BCUT2D eigenvalue weighted by Gasteiger charge is 2.41. The van der Waals surface area contributed by atoms with E-state index in [0.717, 1.165) is 16.9 Å². The molecule has 1 fully saturated rings. The molecule has 3 aromatic carbocycles. The fraction of sp³-hybridized carbons (Fsp3) is 0.222. The highest BCUT2D eigenvalue weighted by Crippen LogP contribution is 2.36. The zero-order chi connectivity index (χ0) is 25.2. The first kappa shape index (κ1) is 24.4. The van der Waals surface area contributed by atoms with Gasteiger partial charge < -0.3 is 14.5 Å². The molecule has 0 saturated carbocycles. The highest BCUT2D eigenvalue weighted by molar-refractivity contribution is 8.26. The molecule has 2 amide bonds. The Morgan fingerprint density at radius 1 is 1.00 bits per heavy atom. The predicted molar refractivity (Wildman–Crippen MR) is 140 cm³/mol. The van der Waals surface area contributed by atoms with E-state index < -0.39 is 6.23 Å². The Kier molecular flexibility index (Phi) is 7.00. The number of amides is 2. The zero-order valence-electron chi connectivity index (χ0n) is 19.5. The van der Waals surface area contributed by atoms with Gasteiger partial charge in [0.15, 0.2) is 0 Å². The van der Waals surface area contributed by atoms with Crippen molar-refractivity contribution in [3.05, 3.63) is 95.0 Å². The van der Waals surface area contributed by atoms with E-state index in [9.17, 15) is 14.4 Å². The van der Waals surface area contributed by atoms with Gasteiger partial charge in [0, 0.05) is 29.0 Å². The molecule has 184 valence electrons. The quantitative estimate of drug-likeness (QED) is 0.408. The van der Waals surface area contributed by atoms with Crippen LogP contribution in [0.15, 0.2) is 78.9 Å². The summed E-state index contributed by atoms with van der Waals surface area (Å²) in [5.74, 6) is -0.167. The van der Waals surface area contributed by atoms with Gasteiger partial charge in [-0.2, -0.15) is 0 Å². The molecule has 2 heterocycles. The van der Waals surface area contributed by atoms with E-state index in [0.29, 0.717) is 29.0 Å². The number of ether oxygens (including phenoxy) is 1. The lowest BCUT2D eigenvalue weighted by molar-refractivity contribution is -0.131. The first-order chi connectivity index (χ1) is 17.4. The smallest absolute Gasteiger partial charge is 0.292 e. The lowest BCUT2D eigenvalue weighted by atomic mass is 10.1. The Morgan fingerprint density at radius 2 is 1.69 bits per heavy atom. The average Bonchev–Trinajstić information content (AvgIpc) is 3.15. The summed E-state index contributed by atoms with van der Waals surface area (Å²) in [6.07, 6.45) is -1.00. The minimum Gasteiger partial charge on any atom is -0.348 e. The van der Waals surface area contributed by atoms with Crippen LogP contribution in [0.3, 0.4) is 0 Å². The number of carbonyl (C=O) groups is 3. The molecule has 0 radical (unpaired) electrons. The van der Waals surface area contributed by atoms with Crippen LogP contribution >= 0.6 is 23.4 Å². The van der Waals surface area contributed by atoms with Crippen LogP contribution in [0, 0.1) is 0 Å². The minimum absolute atomic E-state index is 0.0831. The van der Waals surface area contributed by atoms with Crippen molar-refractivity contribution in [2.45, 2.75) is 25.7 Å².